The molecule has 2 heterocycles. The number of benzene rings is 2. The van der Waals surface area contributed by atoms with Crippen LogP contribution in [-0.2, 0) is 0 Å². The average Bonchev–Trinajstić information content (AvgIpc) is 3.25. The van der Waals surface area contributed by atoms with Crippen molar-refractivity contribution in [1.29, 1.82) is 0 Å². The molecule has 3 atom stereocenters. The molecule has 0 saturated carbocycles. The molecule has 0 aliphatic carbocycles. The third-order valence-corrected chi connectivity index (χ3v) is 5.58. The number of amides is 2. The van der Waals surface area contributed by atoms with Crippen LogP contribution >= 0.6 is 0 Å². The van der Waals surface area contributed by atoms with Gasteiger partial charge in [0.25, 0.3) is 0 Å². The average molecular weight is 461 g/mol. The van der Waals surface area contributed by atoms with E-state index in [1.165, 1.54) is 0 Å². The molecule has 4 rings (SSSR count). The maximum atomic E-state index is 11.4. The van der Waals surface area contributed by atoms with E-state index in [-0.39, 0.29) is 18.7 Å². The van der Waals surface area contributed by atoms with Gasteiger partial charge in [-0.15, -0.1) is 0 Å². The number of aliphatic hydroxyl groups is 2. The topological polar surface area (TPSA) is 109 Å². The molecule has 3 aromatic rings. The van der Waals surface area contributed by atoms with Gasteiger partial charge in [-0.05, 0) is 42.3 Å². The Morgan fingerprint density at radius 1 is 1.15 bits per heavy atom. The third kappa shape index (κ3) is 5.76. The summed E-state index contributed by atoms with van der Waals surface area (Å²) in [5, 5.41) is 25.1. The van der Waals surface area contributed by atoms with E-state index in [1.54, 1.807) is 23.9 Å². The predicted molar refractivity (Wildman–Crippen MR) is 128 cm³/mol. The van der Waals surface area contributed by atoms with Crippen LogP contribution in [0.3, 0.4) is 0 Å². The van der Waals surface area contributed by atoms with Crippen molar-refractivity contribution in [3.63, 3.8) is 0 Å². The number of hydrogen-bond acceptors (Lipinski definition) is 5. The molecule has 0 bridgehead atoms. The minimum absolute atomic E-state index is 0.0654. The zero-order valence-electron chi connectivity index (χ0n) is 18.9. The fourth-order valence-electron chi connectivity index (χ4n) is 3.76. The van der Waals surface area contributed by atoms with Crippen LogP contribution in [0.25, 0.3) is 11.1 Å². The fraction of sp³-hybridized carbons (Fsp3) is 0.308. The molecule has 1 aliphatic rings. The minimum Gasteiger partial charge on any atom is -0.489 e. The number of nitrogens with zero attached hydrogens (tertiary/aromatic N) is 2. The molecule has 8 nitrogen and oxygen atoms in total. The van der Waals surface area contributed by atoms with Crippen molar-refractivity contribution in [2.24, 2.45) is 0 Å². The molecule has 4 N–H and O–H groups in total. The summed E-state index contributed by atoms with van der Waals surface area (Å²) in [7, 11) is 0. The second-order valence-corrected chi connectivity index (χ2v) is 8.10. The standard InChI is InChI=1S/C26H28N4O4/c1-18(32)25-27-14-15-30(25)22(17-31)9-4-19-2-5-20(6-3-19)21-7-10-23(11-8-21)34-24-12-13-28-26(33)29-16-24/h2-3,5-8,10-11,14-15,18,22,24,31-32H,12-13,16-17H2,1H3,(H2,28,29,33)/t18-,22-,24?/m0/s1. The van der Waals surface area contributed by atoms with Crippen molar-refractivity contribution >= 4 is 6.03 Å². The van der Waals surface area contributed by atoms with Gasteiger partial charge in [0.1, 0.15) is 29.8 Å². The van der Waals surface area contributed by atoms with E-state index in [2.05, 4.69) is 27.5 Å². The molecule has 0 spiro atoms. The summed E-state index contributed by atoms with van der Waals surface area (Å²) in [4.78, 5) is 15.5. The summed E-state index contributed by atoms with van der Waals surface area (Å²) < 4.78 is 7.69. The van der Waals surface area contributed by atoms with Gasteiger partial charge in [-0.2, -0.15) is 0 Å². The quantitative estimate of drug-likeness (QED) is 0.423. The Balaban J connectivity index is 1.41. The summed E-state index contributed by atoms with van der Waals surface area (Å²) in [6.07, 6.45) is 3.23. The second kappa shape index (κ2) is 10.9. The van der Waals surface area contributed by atoms with Gasteiger partial charge in [0.05, 0.1) is 13.2 Å². The molecule has 34 heavy (non-hydrogen) atoms. The van der Waals surface area contributed by atoms with Crippen molar-refractivity contribution in [1.82, 2.24) is 20.2 Å². The first-order chi connectivity index (χ1) is 16.5. The number of aliphatic hydroxyl groups excluding tert-OH is 2. The van der Waals surface area contributed by atoms with Gasteiger partial charge in [-0.1, -0.05) is 36.1 Å². The molecule has 1 aromatic heterocycles. The molecule has 2 amide bonds. The van der Waals surface area contributed by atoms with E-state index in [1.807, 2.05) is 48.5 Å². The Morgan fingerprint density at radius 3 is 2.53 bits per heavy atom. The van der Waals surface area contributed by atoms with Crippen LogP contribution in [-0.4, -0.2) is 51.6 Å². The lowest BCUT2D eigenvalue weighted by atomic mass is 10.0. The molecular formula is C26H28N4O4. The van der Waals surface area contributed by atoms with Crippen LogP contribution < -0.4 is 15.4 Å². The van der Waals surface area contributed by atoms with Gasteiger partial charge in [0, 0.05) is 30.9 Å². The van der Waals surface area contributed by atoms with Crippen molar-refractivity contribution in [3.8, 4) is 28.7 Å². The molecule has 8 heteroatoms. The Kier molecular flexibility index (Phi) is 7.48. The van der Waals surface area contributed by atoms with Crippen LogP contribution in [0.4, 0.5) is 4.79 Å². The Bertz CT molecular complexity index is 1160. The lowest BCUT2D eigenvalue weighted by Gasteiger charge is -2.16. The molecule has 1 fully saturated rings. The number of imidazole rings is 1. The lowest BCUT2D eigenvalue weighted by molar-refractivity contribution is 0.176. The van der Waals surface area contributed by atoms with Crippen molar-refractivity contribution < 1.29 is 19.7 Å². The van der Waals surface area contributed by atoms with Gasteiger partial charge in [-0.25, -0.2) is 9.78 Å². The molecule has 1 saturated heterocycles. The molecular weight excluding hydrogens is 432 g/mol. The van der Waals surface area contributed by atoms with Crippen molar-refractivity contribution in [2.75, 3.05) is 19.7 Å². The van der Waals surface area contributed by atoms with E-state index < -0.39 is 12.1 Å². The Morgan fingerprint density at radius 2 is 1.85 bits per heavy atom. The largest absolute Gasteiger partial charge is 0.489 e. The maximum Gasteiger partial charge on any atom is 0.314 e. The van der Waals surface area contributed by atoms with E-state index in [0.29, 0.717) is 18.9 Å². The number of hydrogen-bond donors (Lipinski definition) is 4. The fourth-order valence-corrected chi connectivity index (χ4v) is 3.76. The predicted octanol–water partition coefficient (Wildman–Crippen LogP) is 2.64. The highest BCUT2D eigenvalue weighted by atomic mass is 16.5. The second-order valence-electron chi connectivity index (χ2n) is 8.10. The number of nitrogens with one attached hydrogen (secondary N) is 2. The van der Waals surface area contributed by atoms with Crippen molar-refractivity contribution in [3.05, 3.63) is 72.3 Å². The normalized spacial score (nSPS) is 17.4. The van der Waals surface area contributed by atoms with Crippen LogP contribution in [0.2, 0.25) is 0 Å². The van der Waals surface area contributed by atoms with E-state index in [9.17, 15) is 15.0 Å². The Labute approximate surface area is 198 Å². The smallest absolute Gasteiger partial charge is 0.314 e. The molecule has 2 aromatic carbocycles. The van der Waals surface area contributed by atoms with E-state index in [0.717, 1.165) is 28.9 Å². The van der Waals surface area contributed by atoms with Crippen LogP contribution in [0.15, 0.2) is 60.9 Å². The summed E-state index contributed by atoms with van der Waals surface area (Å²) >= 11 is 0. The van der Waals surface area contributed by atoms with Gasteiger partial charge >= 0.3 is 6.03 Å². The first kappa shape index (κ1) is 23.4. The van der Waals surface area contributed by atoms with E-state index >= 15 is 0 Å². The molecule has 176 valence electrons. The molecule has 1 aliphatic heterocycles. The zero-order valence-corrected chi connectivity index (χ0v) is 18.9. The van der Waals surface area contributed by atoms with Gasteiger partial charge in [0.2, 0.25) is 0 Å². The number of rotatable bonds is 6. The van der Waals surface area contributed by atoms with Crippen molar-refractivity contribution in [2.45, 2.75) is 31.6 Å². The van der Waals surface area contributed by atoms with E-state index in [4.69, 9.17) is 4.74 Å². The summed E-state index contributed by atoms with van der Waals surface area (Å²) in [6.45, 7) is 2.52. The van der Waals surface area contributed by atoms with Crippen LogP contribution in [0.1, 0.15) is 36.9 Å². The highest BCUT2D eigenvalue weighted by molar-refractivity contribution is 5.74. The monoisotopic (exact) mass is 460 g/mol. The number of ether oxygens (including phenoxy) is 1. The Hall–Kier alpha value is -3.80. The number of aromatic nitrogens is 2. The van der Waals surface area contributed by atoms with Gasteiger partial charge in [0.15, 0.2) is 0 Å². The first-order valence-electron chi connectivity index (χ1n) is 11.3. The number of carbonyl (C=O) groups is 1. The highest BCUT2D eigenvalue weighted by Crippen LogP contribution is 2.24. The zero-order chi connectivity index (χ0) is 23.9. The SMILES string of the molecule is C[C@H](O)c1nccn1[C@@H](C#Cc1ccc(-c2ccc(OC3CCNC(=O)NC3)cc2)cc1)CO. The summed E-state index contributed by atoms with van der Waals surface area (Å²) in [6, 6.07) is 15.1. The number of urea groups is 1. The first-order valence-corrected chi connectivity index (χ1v) is 11.3. The van der Waals surface area contributed by atoms with Crippen LogP contribution in [0.5, 0.6) is 5.75 Å². The van der Waals surface area contributed by atoms with Gasteiger partial charge < -0.3 is 30.2 Å². The third-order valence-electron chi connectivity index (χ3n) is 5.58. The summed E-state index contributed by atoms with van der Waals surface area (Å²) in [5.74, 6) is 7.39. The number of carbonyl (C=O) groups excluding carboxylic acids is 1. The summed E-state index contributed by atoms with van der Waals surface area (Å²) in [5.41, 5.74) is 2.92. The van der Waals surface area contributed by atoms with Gasteiger partial charge in [-0.3, -0.25) is 0 Å². The molecule has 0 radical (unpaired) electrons. The maximum absolute atomic E-state index is 11.4. The minimum atomic E-state index is -0.744. The van der Waals surface area contributed by atoms with Crippen LogP contribution in [0, 0.1) is 11.8 Å². The highest BCUT2D eigenvalue weighted by Gasteiger charge is 2.17. The lowest BCUT2D eigenvalue weighted by Crippen LogP contribution is -2.35. The molecule has 1 unspecified atom stereocenters.